The summed E-state index contributed by atoms with van der Waals surface area (Å²) < 4.78 is 5.82. The molecule has 5 heteroatoms. The van der Waals surface area contributed by atoms with Crippen molar-refractivity contribution in [1.29, 1.82) is 5.26 Å². The highest BCUT2D eigenvalue weighted by Gasteiger charge is 2.24. The third-order valence-electron chi connectivity index (χ3n) is 5.56. The van der Waals surface area contributed by atoms with E-state index in [1.165, 1.54) is 16.0 Å². The summed E-state index contributed by atoms with van der Waals surface area (Å²) in [5.74, 6) is 1.94. The van der Waals surface area contributed by atoms with Gasteiger partial charge in [-0.25, -0.2) is 0 Å². The van der Waals surface area contributed by atoms with Gasteiger partial charge in [-0.3, -0.25) is 4.79 Å². The molecular formula is C24H30N2O2S. The van der Waals surface area contributed by atoms with Gasteiger partial charge < -0.3 is 10.1 Å². The van der Waals surface area contributed by atoms with E-state index in [1.807, 2.05) is 6.07 Å². The van der Waals surface area contributed by atoms with Crippen molar-refractivity contribution >= 4 is 22.2 Å². The molecule has 1 aromatic heterocycles. The van der Waals surface area contributed by atoms with Crippen molar-refractivity contribution in [2.24, 2.45) is 5.92 Å². The van der Waals surface area contributed by atoms with Crippen molar-refractivity contribution in [1.82, 2.24) is 0 Å². The summed E-state index contributed by atoms with van der Waals surface area (Å²) in [5, 5.41) is 13.2. The molecule has 0 saturated heterocycles. The molecule has 0 bridgehead atoms. The van der Waals surface area contributed by atoms with Crippen molar-refractivity contribution in [3.8, 4) is 11.8 Å². The lowest BCUT2D eigenvalue weighted by molar-refractivity contribution is -0.116. The van der Waals surface area contributed by atoms with Crippen molar-refractivity contribution in [3.05, 3.63) is 45.3 Å². The molecular weight excluding hydrogens is 380 g/mol. The molecule has 1 N–H and O–H groups in total. The van der Waals surface area contributed by atoms with Gasteiger partial charge in [0.15, 0.2) is 0 Å². The molecule has 29 heavy (non-hydrogen) atoms. The first-order valence-corrected chi connectivity index (χ1v) is 11.3. The minimum Gasteiger partial charge on any atom is -0.494 e. The lowest BCUT2D eigenvalue weighted by Crippen LogP contribution is -2.13. The topological polar surface area (TPSA) is 62.1 Å². The Balaban J connectivity index is 1.50. The third-order valence-corrected chi connectivity index (χ3v) is 6.73. The maximum Gasteiger partial charge on any atom is 0.225 e. The molecule has 0 spiro atoms. The predicted octanol–water partition coefficient (Wildman–Crippen LogP) is 5.97. The number of aryl methyl sites for hydroxylation is 1. The summed E-state index contributed by atoms with van der Waals surface area (Å²) in [5.41, 5.74) is 4.38. The number of nitrogens with zero attached hydrogens (tertiary/aromatic N) is 1. The van der Waals surface area contributed by atoms with E-state index in [2.05, 4.69) is 51.2 Å². The van der Waals surface area contributed by atoms with Gasteiger partial charge in [0.1, 0.15) is 16.8 Å². The number of benzene rings is 1. The summed E-state index contributed by atoms with van der Waals surface area (Å²) >= 11 is 1.57. The van der Waals surface area contributed by atoms with E-state index in [4.69, 9.17) is 4.74 Å². The van der Waals surface area contributed by atoms with Gasteiger partial charge >= 0.3 is 0 Å². The van der Waals surface area contributed by atoms with Gasteiger partial charge in [0.05, 0.1) is 12.2 Å². The van der Waals surface area contributed by atoms with Crippen LogP contribution >= 0.6 is 11.3 Å². The molecule has 4 nitrogen and oxygen atoms in total. The Hall–Kier alpha value is -2.32. The first-order chi connectivity index (χ1) is 13.9. The summed E-state index contributed by atoms with van der Waals surface area (Å²) in [6.07, 6.45) is 4.08. The first kappa shape index (κ1) is 21.4. The van der Waals surface area contributed by atoms with E-state index in [0.29, 0.717) is 36.8 Å². The van der Waals surface area contributed by atoms with Gasteiger partial charge in [0.25, 0.3) is 0 Å². The van der Waals surface area contributed by atoms with Crippen LogP contribution in [0.15, 0.2) is 18.2 Å². The third kappa shape index (κ3) is 5.19. The number of nitrogens with one attached hydrogen (secondary N) is 1. The largest absolute Gasteiger partial charge is 0.494 e. The van der Waals surface area contributed by atoms with Crippen molar-refractivity contribution in [2.75, 3.05) is 11.9 Å². The summed E-state index contributed by atoms with van der Waals surface area (Å²) in [7, 11) is 0. The molecule has 1 aliphatic carbocycles. The maximum atomic E-state index is 12.4. The molecule has 1 atom stereocenters. The Bertz CT molecular complexity index is 924. The zero-order valence-electron chi connectivity index (χ0n) is 17.8. The number of anilines is 1. The van der Waals surface area contributed by atoms with Gasteiger partial charge in [0, 0.05) is 11.3 Å². The number of amides is 1. The fourth-order valence-corrected chi connectivity index (χ4v) is 5.33. The zero-order valence-corrected chi connectivity index (χ0v) is 18.6. The highest BCUT2D eigenvalue weighted by molar-refractivity contribution is 7.16. The number of carbonyl (C=O) groups is 1. The molecule has 0 aliphatic heterocycles. The summed E-state index contributed by atoms with van der Waals surface area (Å²) in [6, 6.07) is 8.48. The highest BCUT2D eigenvalue weighted by Crippen LogP contribution is 2.39. The molecule has 3 rings (SSSR count). The second kappa shape index (κ2) is 9.45. The van der Waals surface area contributed by atoms with E-state index in [9.17, 15) is 10.1 Å². The Morgan fingerprint density at radius 1 is 1.41 bits per heavy atom. The monoisotopic (exact) mass is 410 g/mol. The average molecular weight is 411 g/mol. The Morgan fingerprint density at radius 2 is 2.21 bits per heavy atom. The van der Waals surface area contributed by atoms with Gasteiger partial charge in [-0.1, -0.05) is 26.8 Å². The summed E-state index contributed by atoms with van der Waals surface area (Å²) in [4.78, 5) is 13.6. The standard InChI is InChI=1S/C24H30N2O2S/c1-15(2)19-10-8-18(13-17(19)4)28-11-5-6-23(27)26-24-21(14-25)20-9-7-16(3)12-22(20)29-24/h8,10,13,15-16H,5-7,9,11-12H2,1-4H3,(H,26,27). The Kier molecular flexibility index (Phi) is 6.97. The zero-order chi connectivity index (χ0) is 21.0. The average Bonchev–Trinajstić information content (AvgIpc) is 3.00. The van der Waals surface area contributed by atoms with E-state index < -0.39 is 0 Å². The van der Waals surface area contributed by atoms with Crippen molar-refractivity contribution in [2.45, 2.75) is 65.7 Å². The minimum absolute atomic E-state index is 0.0527. The van der Waals surface area contributed by atoms with Gasteiger partial charge in [-0.2, -0.15) is 5.26 Å². The molecule has 0 fully saturated rings. The van der Waals surface area contributed by atoms with Gasteiger partial charge in [0.2, 0.25) is 5.91 Å². The number of fused-ring (bicyclic) bond motifs is 1. The van der Waals surface area contributed by atoms with Crippen LogP contribution in [0.2, 0.25) is 0 Å². The quantitative estimate of drug-likeness (QED) is 0.572. The van der Waals surface area contributed by atoms with Crippen LogP contribution in [-0.2, 0) is 17.6 Å². The Morgan fingerprint density at radius 3 is 2.90 bits per heavy atom. The van der Waals surface area contributed by atoms with Gasteiger partial charge in [-0.15, -0.1) is 11.3 Å². The second-order valence-electron chi connectivity index (χ2n) is 8.34. The van der Waals surface area contributed by atoms with Crippen LogP contribution in [0.4, 0.5) is 5.00 Å². The molecule has 2 aromatic rings. The molecule has 1 aliphatic rings. The number of rotatable bonds is 7. The minimum atomic E-state index is -0.0527. The van der Waals surface area contributed by atoms with Crippen LogP contribution in [0.1, 0.15) is 73.1 Å². The number of ether oxygens (including phenoxy) is 1. The number of carbonyl (C=O) groups excluding carboxylic acids is 1. The fraction of sp³-hybridized carbons (Fsp3) is 0.500. The molecule has 1 aromatic carbocycles. The van der Waals surface area contributed by atoms with Crippen LogP contribution in [0.25, 0.3) is 0 Å². The molecule has 0 radical (unpaired) electrons. The number of thiophene rings is 1. The lowest BCUT2D eigenvalue weighted by atomic mass is 9.89. The Labute approximate surface area is 177 Å². The number of hydrogen-bond donors (Lipinski definition) is 1. The van der Waals surface area contributed by atoms with Crippen molar-refractivity contribution < 1.29 is 9.53 Å². The second-order valence-corrected chi connectivity index (χ2v) is 9.45. The molecule has 154 valence electrons. The van der Waals surface area contributed by atoms with Crippen LogP contribution in [0, 0.1) is 24.2 Å². The highest BCUT2D eigenvalue weighted by atomic mass is 32.1. The predicted molar refractivity (Wildman–Crippen MR) is 119 cm³/mol. The molecule has 0 saturated carbocycles. The number of nitriles is 1. The molecule has 1 heterocycles. The normalized spacial score (nSPS) is 15.7. The van der Waals surface area contributed by atoms with Crippen LogP contribution in [-0.4, -0.2) is 12.5 Å². The van der Waals surface area contributed by atoms with Crippen LogP contribution in [0.5, 0.6) is 5.75 Å². The number of hydrogen-bond acceptors (Lipinski definition) is 4. The summed E-state index contributed by atoms with van der Waals surface area (Å²) in [6.45, 7) is 9.21. The van der Waals surface area contributed by atoms with Crippen LogP contribution < -0.4 is 10.1 Å². The van der Waals surface area contributed by atoms with Gasteiger partial charge in [-0.05, 0) is 73.3 Å². The van der Waals surface area contributed by atoms with Crippen LogP contribution in [0.3, 0.4) is 0 Å². The van der Waals surface area contributed by atoms with E-state index in [1.54, 1.807) is 11.3 Å². The maximum absolute atomic E-state index is 12.4. The van der Waals surface area contributed by atoms with E-state index >= 15 is 0 Å². The molecule has 1 unspecified atom stereocenters. The van der Waals surface area contributed by atoms with E-state index in [-0.39, 0.29) is 5.91 Å². The molecule has 1 amide bonds. The van der Waals surface area contributed by atoms with Crippen molar-refractivity contribution in [3.63, 3.8) is 0 Å². The lowest BCUT2D eigenvalue weighted by Gasteiger charge is -2.17. The first-order valence-electron chi connectivity index (χ1n) is 10.5. The van der Waals surface area contributed by atoms with E-state index in [0.717, 1.165) is 35.6 Å². The fourth-order valence-electron chi connectivity index (χ4n) is 3.95. The SMILES string of the molecule is Cc1cc(OCCCC(=O)Nc2sc3c(c2C#N)CCC(C)C3)ccc1C(C)C. The smallest absolute Gasteiger partial charge is 0.225 e.